The number of carbonyl (C=O) groups excluding carboxylic acids is 2. The molecule has 30 heavy (non-hydrogen) atoms. The molecule has 0 unspecified atom stereocenters. The largest absolute Gasteiger partial charge is 0.459 e. The van der Waals surface area contributed by atoms with Crippen LogP contribution >= 0.6 is 0 Å². The molecule has 2 aliphatic rings. The summed E-state index contributed by atoms with van der Waals surface area (Å²) in [6.07, 6.45) is 3.23. The van der Waals surface area contributed by atoms with Gasteiger partial charge in [0.25, 0.3) is 11.8 Å². The number of carbonyl (C=O) groups is 2. The van der Waals surface area contributed by atoms with E-state index in [9.17, 15) is 9.59 Å². The normalized spacial score (nSPS) is 21.5. The Labute approximate surface area is 177 Å². The molecule has 7 nitrogen and oxygen atoms in total. The Kier molecular flexibility index (Phi) is 6.20. The minimum absolute atomic E-state index is 0.0639. The molecule has 4 rings (SSSR count). The fraction of sp³-hybridized carbons (Fsp3) is 0.478. The predicted molar refractivity (Wildman–Crippen MR) is 112 cm³/mol. The van der Waals surface area contributed by atoms with Crippen LogP contribution in [0.2, 0.25) is 0 Å². The van der Waals surface area contributed by atoms with E-state index in [0.29, 0.717) is 44.8 Å². The molecule has 2 amide bonds. The predicted octanol–water partition coefficient (Wildman–Crippen LogP) is 1.94. The SMILES string of the molecule is CN1C[C@H](C(=O)NCCc2ccccc2)OC2(CCN(C(=O)c3ccco3)CC2)C1. The molecule has 0 aliphatic carbocycles. The number of nitrogens with one attached hydrogen (secondary N) is 1. The number of nitrogens with zero attached hydrogens (tertiary/aromatic N) is 2. The van der Waals surface area contributed by atoms with Gasteiger partial charge >= 0.3 is 0 Å². The van der Waals surface area contributed by atoms with Gasteiger partial charge in [-0.25, -0.2) is 0 Å². The van der Waals surface area contributed by atoms with Crippen molar-refractivity contribution in [3.05, 3.63) is 60.1 Å². The van der Waals surface area contributed by atoms with Gasteiger partial charge in [-0.1, -0.05) is 30.3 Å². The molecular formula is C23H29N3O4. The van der Waals surface area contributed by atoms with Crippen molar-refractivity contribution in [2.24, 2.45) is 0 Å². The molecular weight excluding hydrogens is 382 g/mol. The Bertz CT molecular complexity index is 845. The minimum Gasteiger partial charge on any atom is -0.459 e. The highest BCUT2D eigenvalue weighted by atomic mass is 16.5. The number of likely N-dealkylation sites (tertiary alicyclic amines) is 1. The molecule has 0 radical (unpaired) electrons. The van der Waals surface area contributed by atoms with E-state index in [0.717, 1.165) is 13.0 Å². The summed E-state index contributed by atoms with van der Waals surface area (Å²) in [5.41, 5.74) is 0.804. The van der Waals surface area contributed by atoms with Crippen molar-refractivity contribution in [1.82, 2.24) is 15.1 Å². The van der Waals surface area contributed by atoms with E-state index in [2.05, 4.69) is 22.3 Å². The average Bonchev–Trinajstić information content (AvgIpc) is 3.29. The first-order chi connectivity index (χ1) is 14.5. The number of piperidine rings is 1. The van der Waals surface area contributed by atoms with Crippen molar-refractivity contribution in [3.8, 4) is 0 Å². The Morgan fingerprint density at radius 2 is 1.90 bits per heavy atom. The quantitative estimate of drug-likeness (QED) is 0.814. The topological polar surface area (TPSA) is 75.0 Å². The number of ether oxygens (including phenoxy) is 1. The van der Waals surface area contributed by atoms with E-state index in [1.807, 2.05) is 25.2 Å². The lowest BCUT2D eigenvalue weighted by Gasteiger charge is -2.48. The van der Waals surface area contributed by atoms with Crippen LogP contribution < -0.4 is 5.32 Å². The Balaban J connectivity index is 1.30. The van der Waals surface area contributed by atoms with Crippen LogP contribution in [-0.4, -0.2) is 73.1 Å². The van der Waals surface area contributed by atoms with Crippen LogP contribution in [0.15, 0.2) is 53.1 Å². The zero-order chi connectivity index (χ0) is 21.0. The second-order valence-corrected chi connectivity index (χ2v) is 8.28. The third-order valence-corrected chi connectivity index (χ3v) is 5.97. The van der Waals surface area contributed by atoms with Gasteiger partial charge in [0.1, 0.15) is 6.10 Å². The van der Waals surface area contributed by atoms with Gasteiger partial charge in [0.15, 0.2) is 5.76 Å². The highest BCUT2D eigenvalue weighted by Crippen LogP contribution is 2.32. The molecule has 1 aromatic heterocycles. The summed E-state index contributed by atoms with van der Waals surface area (Å²) >= 11 is 0. The number of likely N-dealkylation sites (N-methyl/N-ethyl adjacent to an activating group) is 1. The first-order valence-electron chi connectivity index (χ1n) is 10.6. The number of furan rings is 1. The molecule has 160 valence electrons. The van der Waals surface area contributed by atoms with Gasteiger partial charge in [0, 0.05) is 32.7 Å². The van der Waals surface area contributed by atoms with Crippen LogP contribution in [0.5, 0.6) is 0 Å². The van der Waals surface area contributed by atoms with Gasteiger partial charge in [0.2, 0.25) is 0 Å². The lowest BCUT2D eigenvalue weighted by Crippen LogP contribution is -2.61. The lowest BCUT2D eigenvalue weighted by molar-refractivity contribution is -0.180. The van der Waals surface area contributed by atoms with Crippen LogP contribution in [0, 0.1) is 0 Å². The van der Waals surface area contributed by atoms with Crippen LogP contribution in [-0.2, 0) is 16.0 Å². The second kappa shape index (κ2) is 9.02. The van der Waals surface area contributed by atoms with Crippen molar-refractivity contribution < 1.29 is 18.7 Å². The first-order valence-corrected chi connectivity index (χ1v) is 10.6. The molecule has 0 bridgehead atoms. The van der Waals surface area contributed by atoms with Crippen molar-refractivity contribution in [2.45, 2.75) is 31.0 Å². The van der Waals surface area contributed by atoms with E-state index >= 15 is 0 Å². The van der Waals surface area contributed by atoms with Crippen LogP contribution in [0.25, 0.3) is 0 Å². The fourth-order valence-corrected chi connectivity index (χ4v) is 4.39. The maximum atomic E-state index is 12.7. The highest BCUT2D eigenvalue weighted by molar-refractivity contribution is 5.91. The average molecular weight is 412 g/mol. The first kappa shape index (κ1) is 20.6. The maximum absolute atomic E-state index is 12.7. The minimum atomic E-state index is -0.494. The number of benzene rings is 1. The zero-order valence-corrected chi connectivity index (χ0v) is 17.4. The summed E-state index contributed by atoms with van der Waals surface area (Å²) < 4.78 is 11.6. The van der Waals surface area contributed by atoms with Gasteiger partial charge in [0.05, 0.1) is 11.9 Å². The molecule has 2 aromatic rings. The van der Waals surface area contributed by atoms with Crippen LogP contribution in [0.1, 0.15) is 29.0 Å². The highest BCUT2D eigenvalue weighted by Gasteiger charge is 2.44. The van der Waals surface area contributed by atoms with Crippen molar-refractivity contribution >= 4 is 11.8 Å². The summed E-state index contributed by atoms with van der Waals surface area (Å²) in [7, 11) is 2.02. The molecule has 3 heterocycles. The summed E-state index contributed by atoms with van der Waals surface area (Å²) in [6.45, 7) is 3.12. The molecule has 2 saturated heterocycles. The Hall–Kier alpha value is -2.64. The molecule has 7 heteroatoms. The summed E-state index contributed by atoms with van der Waals surface area (Å²) in [5.74, 6) is 0.212. The molecule has 1 spiro atoms. The van der Waals surface area contributed by atoms with E-state index in [1.165, 1.54) is 11.8 Å². The molecule has 1 aromatic carbocycles. The molecule has 0 saturated carbocycles. The number of rotatable bonds is 5. The van der Waals surface area contributed by atoms with Gasteiger partial charge in [-0.2, -0.15) is 0 Å². The van der Waals surface area contributed by atoms with E-state index in [1.54, 1.807) is 17.0 Å². The molecule has 2 aliphatic heterocycles. The van der Waals surface area contributed by atoms with Crippen LogP contribution in [0.3, 0.4) is 0 Å². The Morgan fingerprint density at radius 1 is 1.13 bits per heavy atom. The van der Waals surface area contributed by atoms with Crippen molar-refractivity contribution in [2.75, 3.05) is 39.8 Å². The fourth-order valence-electron chi connectivity index (χ4n) is 4.39. The van der Waals surface area contributed by atoms with Crippen LogP contribution in [0.4, 0.5) is 0 Å². The lowest BCUT2D eigenvalue weighted by atomic mass is 9.88. The number of morpholine rings is 1. The zero-order valence-electron chi connectivity index (χ0n) is 17.4. The van der Waals surface area contributed by atoms with Gasteiger partial charge in [-0.05, 0) is 44.0 Å². The summed E-state index contributed by atoms with van der Waals surface area (Å²) in [6, 6.07) is 13.5. The molecule has 2 fully saturated rings. The monoisotopic (exact) mass is 411 g/mol. The van der Waals surface area contributed by atoms with Gasteiger partial charge < -0.3 is 24.3 Å². The second-order valence-electron chi connectivity index (χ2n) is 8.28. The van der Waals surface area contributed by atoms with E-state index < -0.39 is 11.7 Å². The number of amides is 2. The summed E-state index contributed by atoms with van der Waals surface area (Å²) in [4.78, 5) is 29.2. The van der Waals surface area contributed by atoms with E-state index in [-0.39, 0.29) is 11.8 Å². The summed E-state index contributed by atoms with van der Waals surface area (Å²) in [5, 5.41) is 3.02. The van der Waals surface area contributed by atoms with Gasteiger partial charge in [-0.3, -0.25) is 9.59 Å². The third kappa shape index (κ3) is 4.74. The third-order valence-electron chi connectivity index (χ3n) is 5.97. The smallest absolute Gasteiger partial charge is 0.289 e. The van der Waals surface area contributed by atoms with Crippen molar-refractivity contribution in [3.63, 3.8) is 0 Å². The maximum Gasteiger partial charge on any atom is 0.289 e. The molecule has 1 N–H and O–H groups in total. The standard InChI is InChI=1S/C23H29N3O4/c1-25-16-20(21(27)24-12-9-18-6-3-2-4-7-18)30-23(17-25)10-13-26(14-11-23)22(28)19-8-5-15-29-19/h2-8,15,20H,9-14,16-17H2,1H3,(H,24,27)/t20-/m1/s1. The van der Waals surface area contributed by atoms with Crippen molar-refractivity contribution in [1.29, 1.82) is 0 Å². The number of hydrogen-bond donors (Lipinski definition) is 1. The number of hydrogen-bond acceptors (Lipinski definition) is 5. The van der Waals surface area contributed by atoms with Gasteiger partial charge in [-0.15, -0.1) is 0 Å². The van der Waals surface area contributed by atoms with E-state index in [4.69, 9.17) is 9.15 Å². The molecule has 1 atom stereocenters. The Morgan fingerprint density at radius 3 is 2.60 bits per heavy atom.